The van der Waals surface area contributed by atoms with Gasteiger partial charge in [-0.2, -0.15) is 13.2 Å². The summed E-state index contributed by atoms with van der Waals surface area (Å²) in [6.45, 7) is 6.24. The van der Waals surface area contributed by atoms with E-state index in [2.05, 4.69) is 14.2 Å². The highest BCUT2D eigenvalue weighted by Crippen LogP contribution is 2.33. The summed E-state index contributed by atoms with van der Waals surface area (Å²) in [5, 5.41) is 2.76. The first-order chi connectivity index (χ1) is 14.8. The van der Waals surface area contributed by atoms with Gasteiger partial charge in [-0.05, 0) is 52.3 Å². The fraction of sp³-hybridized carbons (Fsp3) is 0.600. The normalized spacial score (nSPS) is 17.3. The maximum absolute atomic E-state index is 14.1. The Kier molecular flexibility index (Phi) is 10.7. The molecule has 2 atom stereocenters. The molecule has 12 heteroatoms. The standard InChI is InChI=1S/C15H17F5N2O2S.C5H10O2/c1-21-13(14(23)22-5-4-10(16)8-22)6-9-2-3-11(7-12(9)17)24-25-15(18,19)20;1-5(2,3)7-4-6/h2-3,7,10,13,21H,4-6,8H2,1H3;4H,1-3H3. The van der Waals surface area contributed by atoms with E-state index in [4.69, 9.17) is 0 Å². The number of ether oxygens (including phenoxy) is 1. The second kappa shape index (κ2) is 12.2. The molecule has 1 amide bonds. The highest BCUT2D eigenvalue weighted by Gasteiger charge is 2.32. The van der Waals surface area contributed by atoms with Crippen molar-refractivity contribution in [3.05, 3.63) is 29.6 Å². The number of hydrogen-bond acceptors (Lipinski definition) is 6. The van der Waals surface area contributed by atoms with Crippen LogP contribution in [0.1, 0.15) is 32.8 Å². The largest absolute Gasteiger partial charge is 0.479 e. The van der Waals surface area contributed by atoms with Crippen LogP contribution in [0.2, 0.25) is 0 Å². The molecule has 1 heterocycles. The molecule has 6 nitrogen and oxygen atoms in total. The molecule has 1 aliphatic heterocycles. The highest BCUT2D eigenvalue weighted by atomic mass is 32.2. The summed E-state index contributed by atoms with van der Waals surface area (Å²) < 4.78 is 72.5. The van der Waals surface area contributed by atoms with Gasteiger partial charge in [-0.25, -0.2) is 8.78 Å². The summed E-state index contributed by atoms with van der Waals surface area (Å²) >= 11 is -0.734. The maximum atomic E-state index is 14.1. The molecule has 1 aromatic rings. The Labute approximate surface area is 188 Å². The molecule has 0 spiro atoms. The van der Waals surface area contributed by atoms with Crippen molar-refractivity contribution in [2.45, 2.75) is 56.9 Å². The van der Waals surface area contributed by atoms with Crippen LogP contribution in [0, 0.1) is 5.82 Å². The Balaban J connectivity index is 0.000000633. The van der Waals surface area contributed by atoms with Gasteiger partial charge in [-0.15, -0.1) is 0 Å². The van der Waals surface area contributed by atoms with Crippen molar-refractivity contribution in [2.24, 2.45) is 0 Å². The second-order valence-electron chi connectivity index (χ2n) is 7.91. The van der Waals surface area contributed by atoms with Crippen LogP contribution >= 0.6 is 12.0 Å². The number of hydrogen-bond donors (Lipinski definition) is 1. The van der Waals surface area contributed by atoms with E-state index in [1.807, 2.05) is 20.8 Å². The Hall–Kier alpha value is -2.08. The van der Waals surface area contributed by atoms with Gasteiger partial charge < -0.3 is 19.1 Å². The number of carbonyl (C=O) groups excluding carboxylic acids is 2. The van der Waals surface area contributed by atoms with Crippen LogP contribution in [-0.4, -0.2) is 60.7 Å². The number of rotatable bonds is 7. The molecule has 1 saturated heterocycles. The Bertz CT molecular complexity index is 758. The smallest absolute Gasteiger partial charge is 0.462 e. The van der Waals surface area contributed by atoms with Crippen molar-refractivity contribution in [3.63, 3.8) is 0 Å². The monoisotopic (exact) mass is 486 g/mol. The molecule has 1 aromatic carbocycles. The summed E-state index contributed by atoms with van der Waals surface area (Å²) in [7, 11) is 1.53. The zero-order chi connectivity index (χ0) is 24.5. The summed E-state index contributed by atoms with van der Waals surface area (Å²) in [6.07, 6.45) is -0.790. The molecular weight excluding hydrogens is 459 g/mol. The van der Waals surface area contributed by atoms with E-state index in [1.54, 1.807) is 0 Å². The average Bonchev–Trinajstić information content (AvgIpc) is 3.10. The lowest BCUT2D eigenvalue weighted by molar-refractivity contribution is -0.138. The molecule has 1 N–H and O–H groups in total. The number of carbonyl (C=O) groups is 2. The molecule has 0 aromatic heterocycles. The first-order valence-corrected chi connectivity index (χ1v) is 10.4. The van der Waals surface area contributed by atoms with Crippen molar-refractivity contribution >= 4 is 24.4 Å². The fourth-order valence-corrected chi connectivity index (χ4v) is 2.95. The van der Waals surface area contributed by atoms with E-state index in [0.29, 0.717) is 13.0 Å². The SMILES string of the molecule is CC(C)(C)OC=O.CNC(Cc1ccc(OSC(F)(F)F)cc1F)C(=O)N1CCC(F)C1. The van der Waals surface area contributed by atoms with Gasteiger partial charge >= 0.3 is 5.51 Å². The van der Waals surface area contributed by atoms with E-state index in [1.165, 1.54) is 24.1 Å². The van der Waals surface area contributed by atoms with Gasteiger partial charge in [0, 0.05) is 12.6 Å². The summed E-state index contributed by atoms with van der Waals surface area (Å²) in [6, 6.07) is 2.54. The number of halogens is 5. The average molecular weight is 487 g/mol. The number of nitrogens with one attached hydrogen (secondary N) is 1. The minimum absolute atomic E-state index is 0.0126. The first kappa shape index (κ1) is 28.0. The molecule has 32 heavy (non-hydrogen) atoms. The van der Waals surface area contributed by atoms with Crippen molar-refractivity contribution in [3.8, 4) is 5.75 Å². The molecule has 0 bridgehead atoms. The summed E-state index contributed by atoms with van der Waals surface area (Å²) in [5.74, 6) is -1.40. The number of nitrogens with zero attached hydrogens (tertiary/aromatic N) is 1. The third-order valence-electron chi connectivity index (χ3n) is 4.17. The third-order valence-corrected chi connectivity index (χ3v) is 4.64. The Morgan fingerprint density at radius 3 is 2.41 bits per heavy atom. The molecule has 2 rings (SSSR count). The molecule has 0 aliphatic carbocycles. The lowest BCUT2D eigenvalue weighted by Crippen LogP contribution is -2.45. The van der Waals surface area contributed by atoms with E-state index in [0.717, 1.165) is 6.07 Å². The van der Waals surface area contributed by atoms with Crippen LogP contribution < -0.4 is 9.50 Å². The van der Waals surface area contributed by atoms with E-state index >= 15 is 0 Å². The molecule has 182 valence electrons. The number of benzene rings is 1. The predicted octanol–water partition coefficient (Wildman–Crippen LogP) is 4.03. The number of likely N-dealkylation sites (tertiary alicyclic amines) is 1. The number of alkyl halides is 4. The maximum Gasteiger partial charge on any atom is 0.479 e. The van der Waals surface area contributed by atoms with Crippen LogP contribution in [0.4, 0.5) is 22.0 Å². The Morgan fingerprint density at radius 2 is 2.00 bits per heavy atom. The van der Waals surface area contributed by atoms with Gasteiger partial charge in [-0.1, -0.05) is 6.07 Å². The van der Waals surface area contributed by atoms with Gasteiger partial charge in [0.05, 0.1) is 12.6 Å². The minimum atomic E-state index is -4.59. The fourth-order valence-electron chi connectivity index (χ4n) is 2.66. The topological polar surface area (TPSA) is 67.9 Å². The van der Waals surface area contributed by atoms with Crippen LogP contribution in [0.15, 0.2) is 18.2 Å². The van der Waals surface area contributed by atoms with Gasteiger partial charge in [0.25, 0.3) is 6.47 Å². The van der Waals surface area contributed by atoms with Gasteiger partial charge in [0.2, 0.25) is 5.91 Å². The molecule has 2 unspecified atom stereocenters. The van der Waals surface area contributed by atoms with Crippen LogP contribution in [0.5, 0.6) is 5.75 Å². The number of likely N-dealkylation sites (N-methyl/N-ethyl adjacent to an activating group) is 1. The summed E-state index contributed by atoms with van der Waals surface area (Å²) in [5.41, 5.74) is -4.77. The van der Waals surface area contributed by atoms with E-state index < -0.39 is 35.6 Å². The van der Waals surface area contributed by atoms with Gasteiger partial charge in [0.15, 0.2) is 12.0 Å². The van der Waals surface area contributed by atoms with Crippen molar-refractivity contribution in [1.29, 1.82) is 0 Å². The number of amides is 1. The zero-order valence-corrected chi connectivity index (χ0v) is 19.0. The second-order valence-corrected chi connectivity index (χ2v) is 8.70. The predicted molar refractivity (Wildman–Crippen MR) is 110 cm³/mol. The van der Waals surface area contributed by atoms with Crippen LogP contribution in [0.3, 0.4) is 0 Å². The minimum Gasteiger partial charge on any atom is -0.462 e. The van der Waals surface area contributed by atoms with Crippen LogP contribution in [-0.2, 0) is 20.7 Å². The molecular formula is C20H27F5N2O4S. The quantitative estimate of drug-likeness (QED) is 0.357. The summed E-state index contributed by atoms with van der Waals surface area (Å²) in [4.78, 5) is 23.3. The third kappa shape index (κ3) is 10.5. The lowest BCUT2D eigenvalue weighted by Gasteiger charge is -2.23. The molecule has 0 saturated carbocycles. The first-order valence-electron chi connectivity index (χ1n) is 9.68. The van der Waals surface area contributed by atoms with Crippen molar-refractivity contribution in [1.82, 2.24) is 10.2 Å². The van der Waals surface area contributed by atoms with E-state index in [9.17, 15) is 31.5 Å². The van der Waals surface area contributed by atoms with Crippen LogP contribution in [0.25, 0.3) is 0 Å². The molecule has 1 fully saturated rings. The van der Waals surface area contributed by atoms with E-state index in [-0.39, 0.29) is 42.2 Å². The van der Waals surface area contributed by atoms with Crippen molar-refractivity contribution < 1.29 is 40.5 Å². The molecule has 1 aliphatic rings. The molecule has 0 radical (unpaired) electrons. The lowest BCUT2D eigenvalue weighted by atomic mass is 10.0. The highest BCUT2D eigenvalue weighted by molar-refractivity contribution is 7.95. The van der Waals surface area contributed by atoms with Crippen molar-refractivity contribution in [2.75, 3.05) is 20.1 Å². The van der Waals surface area contributed by atoms with Gasteiger partial charge in [-0.3, -0.25) is 9.59 Å². The van der Waals surface area contributed by atoms with Gasteiger partial charge in [0.1, 0.15) is 23.3 Å². The Morgan fingerprint density at radius 1 is 1.34 bits per heavy atom. The zero-order valence-electron chi connectivity index (χ0n) is 18.2.